The summed E-state index contributed by atoms with van der Waals surface area (Å²) in [4.78, 5) is 50.2. The maximum atomic E-state index is 12.8. The van der Waals surface area contributed by atoms with Crippen LogP contribution < -0.4 is 4.89 Å². The third kappa shape index (κ3) is 33.2. The zero-order valence-corrected chi connectivity index (χ0v) is 39.5. The predicted molar refractivity (Wildman–Crippen MR) is 249 cm³/mol. The number of likely N-dealkylation sites (N-methyl/N-ethyl adjacent to an activating group) is 1. The summed E-state index contributed by atoms with van der Waals surface area (Å²) in [5, 5.41) is 10.2. The van der Waals surface area contributed by atoms with Gasteiger partial charge in [0.15, 0.2) is 11.9 Å². The molecule has 0 saturated carbocycles. The lowest BCUT2D eigenvalue weighted by Gasteiger charge is -2.28. The number of hydrogen-bond donors (Lipinski definition) is 1. The van der Waals surface area contributed by atoms with Crippen molar-refractivity contribution < 1.29 is 52.0 Å². The molecule has 0 aromatic carbocycles. The second kappa shape index (κ2) is 36.0. The molecule has 0 aromatic heterocycles. The number of nitrogens with zero attached hydrogens (tertiary/aromatic N) is 1. The van der Waals surface area contributed by atoms with Crippen molar-refractivity contribution in [1.82, 2.24) is 0 Å². The van der Waals surface area contributed by atoms with Gasteiger partial charge in [0.25, 0.3) is 7.82 Å². The quantitative estimate of drug-likeness (QED) is 0.0210. The Hall–Kier alpha value is -3.44. The molecule has 5 atom stereocenters. The highest BCUT2D eigenvalue weighted by atomic mass is 31.2. The van der Waals surface area contributed by atoms with Crippen molar-refractivity contribution in [3.8, 4) is 0 Å². The number of allylic oxidation sites excluding steroid dienone is 15. The number of aliphatic hydroxyl groups is 1. The first-order valence-electron chi connectivity index (χ1n) is 23.0. The third-order valence-corrected chi connectivity index (χ3v) is 10.8. The van der Waals surface area contributed by atoms with Gasteiger partial charge in [-0.25, -0.2) is 0 Å². The Bertz CT molecular complexity index is 1520. The Balaban J connectivity index is 2.48. The zero-order valence-electron chi connectivity index (χ0n) is 38.6. The van der Waals surface area contributed by atoms with Crippen molar-refractivity contribution in [2.24, 2.45) is 11.8 Å². The molecule has 0 bridgehead atoms. The van der Waals surface area contributed by atoms with E-state index in [1.165, 1.54) is 0 Å². The highest BCUT2D eigenvalue weighted by Crippen LogP contribution is 2.38. The minimum Gasteiger partial charge on any atom is -0.756 e. The first kappa shape index (κ1) is 56.6. The fraction of sp³-hybridized carbons (Fsp3) is 0.620. The molecule has 12 heteroatoms. The summed E-state index contributed by atoms with van der Waals surface area (Å²) in [5.41, 5.74) is 0. The molecule has 350 valence electrons. The highest BCUT2D eigenvalue weighted by Gasteiger charge is 2.27. The summed E-state index contributed by atoms with van der Waals surface area (Å²) in [6, 6.07) is 0. The van der Waals surface area contributed by atoms with Crippen LogP contribution in [0, 0.1) is 11.8 Å². The number of carbonyl (C=O) groups is 3. The van der Waals surface area contributed by atoms with E-state index in [9.17, 15) is 28.9 Å². The molecular formula is C50H80NO10P. The van der Waals surface area contributed by atoms with Crippen molar-refractivity contribution in [3.63, 3.8) is 0 Å². The molecule has 1 unspecified atom stereocenters. The summed E-state index contributed by atoms with van der Waals surface area (Å²) in [7, 11) is 1.00. The van der Waals surface area contributed by atoms with E-state index in [0.29, 0.717) is 43.1 Å². The number of rotatable bonds is 37. The van der Waals surface area contributed by atoms with Crippen LogP contribution in [0.4, 0.5) is 0 Å². The van der Waals surface area contributed by atoms with Crippen LogP contribution in [0.2, 0.25) is 0 Å². The number of hydrogen-bond acceptors (Lipinski definition) is 10. The maximum absolute atomic E-state index is 12.8. The highest BCUT2D eigenvalue weighted by molar-refractivity contribution is 7.45. The number of aliphatic hydroxyl groups excluding tert-OH is 1. The summed E-state index contributed by atoms with van der Waals surface area (Å²) in [6.07, 6.45) is 44.9. The monoisotopic (exact) mass is 886 g/mol. The van der Waals surface area contributed by atoms with E-state index < -0.39 is 38.6 Å². The van der Waals surface area contributed by atoms with E-state index in [4.69, 9.17) is 18.5 Å². The van der Waals surface area contributed by atoms with E-state index in [-0.39, 0.29) is 43.7 Å². The molecule has 0 amide bonds. The summed E-state index contributed by atoms with van der Waals surface area (Å²) >= 11 is 0. The average molecular weight is 886 g/mol. The van der Waals surface area contributed by atoms with Crippen molar-refractivity contribution in [2.75, 3.05) is 47.5 Å². The van der Waals surface area contributed by atoms with Crippen molar-refractivity contribution in [2.45, 2.75) is 142 Å². The minimum absolute atomic E-state index is 0.00867. The maximum Gasteiger partial charge on any atom is 0.306 e. The molecule has 0 radical (unpaired) electrons. The number of esters is 2. The van der Waals surface area contributed by atoms with E-state index in [1.54, 1.807) is 12.2 Å². The second-order valence-corrected chi connectivity index (χ2v) is 18.1. The fourth-order valence-electron chi connectivity index (χ4n) is 6.14. The van der Waals surface area contributed by atoms with Gasteiger partial charge in [-0.1, -0.05) is 131 Å². The van der Waals surface area contributed by atoms with Gasteiger partial charge >= 0.3 is 11.9 Å². The molecule has 1 aliphatic rings. The van der Waals surface area contributed by atoms with Crippen molar-refractivity contribution in [3.05, 3.63) is 97.2 Å². The van der Waals surface area contributed by atoms with Gasteiger partial charge in [-0.05, 0) is 89.0 Å². The Morgan fingerprint density at radius 2 is 1.39 bits per heavy atom. The van der Waals surface area contributed by atoms with Crippen LogP contribution in [0.3, 0.4) is 0 Å². The molecule has 0 spiro atoms. The number of ketones is 1. The first-order chi connectivity index (χ1) is 29.8. The normalized spacial score (nSPS) is 18.2. The van der Waals surface area contributed by atoms with Gasteiger partial charge in [0.1, 0.15) is 19.8 Å². The van der Waals surface area contributed by atoms with Crippen LogP contribution in [0.1, 0.15) is 129 Å². The largest absolute Gasteiger partial charge is 0.756 e. The Morgan fingerprint density at radius 3 is 2.03 bits per heavy atom. The second-order valence-electron chi connectivity index (χ2n) is 16.7. The molecule has 0 saturated heterocycles. The van der Waals surface area contributed by atoms with Crippen molar-refractivity contribution >= 4 is 25.5 Å². The molecule has 1 aliphatic carbocycles. The molecule has 0 heterocycles. The number of quaternary nitrogens is 1. The van der Waals surface area contributed by atoms with Crippen LogP contribution >= 0.6 is 7.82 Å². The van der Waals surface area contributed by atoms with Gasteiger partial charge in [0.2, 0.25) is 0 Å². The SMILES string of the molecule is CC/C=C\C/C=C\C/C=C\C/C=C\C/C=C\CCCCCC(=O)OC[C@H](COP(=O)([O-])OCC[N+](C)(C)C)OC(=O)CCC/C=C\C[C@H]1C=CC(=O)[C@@H]1/C=C/[C@@H](O)CCCCC. The first-order valence-corrected chi connectivity index (χ1v) is 24.5. The molecule has 62 heavy (non-hydrogen) atoms. The van der Waals surface area contributed by atoms with E-state index in [2.05, 4.69) is 74.6 Å². The molecular weight excluding hydrogens is 806 g/mol. The van der Waals surface area contributed by atoms with Crippen LogP contribution in [0.5, 0.6) is 0 Å². The molecule has 0 aliphatic heterocycles. The van der Waals surface area contributed by atoms with Gasteiger partial charge in [-0.3, -0.25) is 18.9 Å². The Kier molecular flexibility index (Phi) is 32.8. The van der Waals surface area contributed by atoms with Gasteiger partial charge in [0.05, 0.1) is 33.9 Å². The number of phosphoric acid groups is 1. The molecule has 1 rings (SSSR count). The number of carbonyl (C=O) groups excluding carboxylic acids is 3. The van der Waals surface area contributed by atoms with Crippen LogP contribution in [-0.2, 0) is 37.5 Å². The van der Waals surface area contributed by atoms with Crippen LogP contribution in [0.15, 0.2) is 97.2 Å². The third-order valence-electron chi connectivity index (χ3n) is 9.84. The average Bonchev–Trinajstić information content (AvgIpc) is 3.57. The Labute approximate surface area is 374 Å². The topological polar surface area (TPSA) is 148 Å². The predicted octanol–water partition coefficient (Wildman–Crippen LogP) is 10.3. The Morgan fingerprint density at radius 1 is 0.774 bits per heavy atom. The van der Waals surface area contributed by atoms with E-state index >= 15 is 0 Å². The summed E-state index contributed by atoms with van der Waals surface area (Å²) < 4.78 is 33.8. The standard InChI is InChI=1S/C50H80NO10P/c1-6-8-10-11-12-13-14-15-16-17-18-19-20-21-22-23-24-25-30-34-49(54)58-42-46(43-60-62(56,57)59-41-40-51(3,4)5)61-50(55)35-31-27-26-29-32-44-36-39-48(53)47(44)38-37-45(52)33-28-9-7-2/h8,10,12-13,15-16,18-19,21-22,26,29,36-39,44-47,52H,6-7,9,11,14,17,20,23-25,27-28,30-35,40-43H2,1-5H3/b10-8-,13-12-,16-15-,19-18-,22-21-,29-26-,38-37+/t44-,45-,46+,47+/m0/s1. The molecule has 0 fully saturated rings. The lowest BCUT2D eigenvalue weighted by Crippen LogP contribution is -2.37. The van der Waals surface area contributed by atoms with Gasteiger partial charge < -0.3 is 33.0 Å². The number of phosphoric ester groups is 1. The molecule has 11 nitrogen and oxygen atoms in total. The van der Waals surface area contributed by atoms with Crippen LogP contribution in [-0.4, -0.2) is 87.0 Å². The number of ether oxygens (including phenoxy) is 2. The summed E-state index contributed by atoms with van der Waals surface area (Å²) in [5.74, 6) is -1.29. The van der Waals surface area contributed by atoms with E-state index in [0.717, 1.165) is 70.6 Å². The van der Waals surface area contributed by atoms with Gasteiger partial charge in [-0.2, -0.15) is 0 Å². The van der Waals surface area contributed by atoms with E-state index in [1.807, 2.05) is 45.4 Å². The van der Waals surface area contributed by atoms with Crippen LogP contribution in [0.25, 0.3) is 0 Å². The molecule has 0 aromatic rings. The number of unbranched alkanes of at least 4 members (excludes halogenated alkanes) is 6. The minimum atomic E-state index is -4.70. The zero-order chi connectivity index (χ0) is 45.7. The fourth-order valence-corrected chi connectivity index (χ4v) is 6.87. The smallest absolute Gasteiger partial charge is 0.306 e. The van der Waals surface area contributed by atoms with Gasteiger partial charge in [-0.15, -0.1) is 0 Å². The summed E-state index contributed by atoms with van der Waals surface area (Å²) in [6.45, 7) is 3.71. The lowest BCUT2D eigenvalue weighted by molar-refractivity contribution is -0.870. The lowest BCUT2D eigenvalue weighted by atomic mass is 9.90. The van der Waals surface area contributed by atoms with Crippen molar-refractivity contribution in [1.29, 1.82) is 0 Å². The van der Waals surface area contributed by atoms with Gasteiger partial charge in [0, 0.05) is 18.8 Å². The molecule has 1 N–H and O–H groups in total.